The number of carbonyl (C=O) groups excluding carboxylic acids is 1. The molecule has 0 saturated carbocycles. The molecular formula is C9H10N4O3. The quantitative estimate of drug-likeness (QED) is 0.719. The Kier molecular flexibility index (Phi) is 2.67. The van der Waals surface area contributed by atoms with Gasteiger partial charge in [-0.05, 0) is 6.92 Å². The molecule has 0 aromatic carbocycles. The minimum atomic E-state index is -0.434. The van der Waals surface area contributed by atoms with Crippen molar-refractivity contribution in [2.45, 2.75) is 13.5 Å². The lowest BCUT2D eigenvalue weighted by Gasteiger charge is -2.02. The number of carbonyl (C=O) groups is 1. The molecule has 0 amide bonds. The molecule has 84 valence electrons. The Balaban J connectivity index is 2.38. The SMILES string of the molecule is CCOC(=O)Cn1ncc2nc[nH]c(=O)c21. The Morgan fingerprint density at radius 2 is 2.44 bits per heavy atom. The third-order valence-electron chi connectivity index (χ3n) is 2.02. The van der Waals surface area contributed by atoms with Crippen molar-refractivity contribution < 1.29 is 9.53 Å². The summed E-state index contributed by atoms with van der Waals surface area (Å²) < 4.78 is 6.05. The molecule has 0 bridgehead atoms. The molecule has 0 atom stereocenters. The lowest BCUT2D eigenvalue weighted by Crippen LogP contribution is -2.18. The molecular weight excluding hydrogens is 212 g/mol. The Hall–Kier alpha value is -2.18. The van der Waals surface area contributed by atoms with Gasteiger partial charge in [0, 0.05) is 0 Å². The van der Waals surface area contributed by atoms with Gasteiger partial charge in [-0.15, -0.1) is 0 Å². The van der Waals surface area contributed by atoms with Gasteiger partial charge in [-0.25, -0.2) is 9.67 Å². The Labute approximate surface area is 90.1 Å². The van der Waals surface area contributed by atoms with Crippen LogP contribution in [-0.2, 0) is 16.1 Å². The first-order chi connectivity index (χ1) is 7.72. The Morgan fingerprint density at radius 1 is 1.62 bits per heavy atom. The van der Waals surface area contributed by atoms with E-state index in [4.69, 9.17) is 4.74 Å². The molecule has 7 nitrogen and oxygen atoms in total. The average Bonchev–Trinajstić information content (AvgIpc) is 2.63. The van der Waals surface area contributed by atoms with Crippen molar-refractivity contribution in [3.8, 4) is 0 Å². The number of hydrogen-bond donors (Lipinski definition) is 1. The van der Waals surface area contributed by atoms with E-state index < -0.39 is 5.97 Å². The molecule has 0 spiro atoms. The molecule has 0 aliphatic rings. The molecule has 7 heteroatoms. The number of rotatable bonds is 3. The number of nitrogens with one attached hydrogen (secondary N) is 1. The molecule has 0 aliphatic carbocycles. The largest absolute Gasteiger partial charge is 0.465 e. The van der Waals surface area contributed by atoms with Crippen LogP contribution in [0.3, 0.4) is 0 Å². The van der Waals surface area contributed by atoms with E-state index in [1.54, 1.807) is 6.92 Å². The number of aromatic nitrogens is 4. The maximum atomic E-state index is 11.5. The van der Waals surface area contributed by atoms with Crippen LogP contribution in [0, 0.1) is 0 Å². The van der Waals surface area contributed by atoms with Crippen LogP contribution in [0.1, 0.15) is 6.92 Å². The second kappa shape index (κ2) is 4.13. The number of ether oxygens (including phenoxy) is 1. The Bertz CT molecular complexity index is 571. The molecule has 0 unspecified atom stereocenters. The normalized spacial score (nSPS) is 10.6. The zero-order chi connectivity index (χ0) is 11.5. The van der Waals surface area contributed by atoms with E-state index in [2.05, 4.69) is 15.1 Å². The molecule has 0 radical (unpaired) electrons. The van der Waals surface area contributed by atoms with Crippen LogP contribution in [0.4, 0.5) is 0 Å². The highest BCUT2D eigenvalue weighted by Crippen LogP contribution is 2.04. The lowest BCUT2D eigenvalue weighted by atomic mass is 10.4. The number of esters is 1. The van der Waals surface area contributed by atoms with Crippen LogP contribution in [0.2, 0.25) is 0 Å². The Morgan fingerprint density at radius 3 is 3.19 bits per heavy atom. The second-order valence-electron chi connectivity index (χ2n) is 3.07. The molecule has 2 heterocycles. The predicted molar refractivity (Wildman–Crippen MR) is 54.8 cm³/mol. The molecule has 0 aliphatic heterocycles. The van der Waals surface area contributed by atoms with Gasteiger partial charge in [-0.3, -0.25) is 9.59 Å². The van der Waals surface area contributed by atoms with Crippen LogP contribution in [0.5, 0.6) is 0 Å². The molecule has 0 saturated heterocycles. The van der Waals surface area contributed by atoms with Gasteiger partial charge in [0.2, 0.25) is 0 Å². The van der Waals surface area contributed by atoms with Gasteiger partial charge in [0.25, 0.3) is 5.56 Å². The number of H-pyrrole nitrogens is 1. The smallest absolute Gasteiger partial charge is 0.327 e. The van der Waals surface area contributed by atoms with Gasteiger partial charge < -0.3 is 9.72 Å². The second-order valence-corrected chi connectivity index (χ2v) is 3.07. The van der Waals surface area contributed by atoms with E-state index in [1.807, 2.05) is 0 Å². The summed E-state index contributed by atoms with van der Waals surface area (Å²) in [6.45, 7) is 1.92. The molecule has 16 heavy (non-hydrogen) atoms. The van der Waals surface area contributed by atoms with Crippen molar-refractivity contribution in [1.82, 2.24) is 19.7 Å². The van der Waals surface area contributed by atoms with Gasteiger partial charge in [0.15, 0.2) is 5.52 Å². The average molecular weight is 222 g/mol. The fraction of sp³-hybridized carbons (Fsp3) is 0.333. The fourth-order valence-corrected chi connectivity index (χ4v) is 1.38. The standard InChI is InChI=1S/C9H10N4O3/c1-2-16-7(14)4-13-8-6(3-12-13)10-5-11-9(8)15/h3,5H,2,4H2,1H3,(H,10,11,15). The van der Waals surface area contributed by atoms with E-state index in [9.17, 15) is 9.59 Å². The highest BCUT2D eigenvalue weighted by atomic mass is 16.5. The third-order valence-corrected chi connectivity index (χ3v) is 2.02. The number of aromatic amines is 1. The van der Waals surface area contributed by atoms with Crippen LogP contribution < -0.4 is 5.56 Å². The van der Waals surface area contributed by atoms with Gasteiger partial charge >= 0.3 is 5.97 Å². The van der Waals surface area contributed by atoms with Crippen LogP contribution in [-0.4, -0.2) is 32.3 Å². The highest BCUT2D eigenvalue weighted by molar-refractivity contribution is 5.76. The van der Waals surface area contributed by atoms with E-state index in [-0.39, 0.29) is 17.6 Å². The predicted octanol–water partition coefficient (Wildman–Crippen LogP) is -0.317. The topological polar surface area (TPSA) is 89.9 Å². The van der Waals surface area contributed by atoms with Gasteiger partial charge in [-0.1, -0.05) is 0 Å². The van der Waals surface area contributed by atoms with Crippen molar-refractivity contribution in [2.75, 3.05) is 6.61 Å². The van der Waals surface area contributed by atoms with E-state index in [0.29, 0.717) is 12.1 Å². The van der Waals surface area contributed by atoms with Crippen LogP contribution in [0.25, 0.3) is 11.0 Å². The van der Waals surface area contributed by atoms with E-state index >= 15 is 0 Å². The maximum Gasteiger partial charge on any atom is 0.327 e. The maximum absolute atomic E-state index is 11.5. The molecule has 1 N–H and O–H groups in total. The summed E-state index contributed by atoms with van der Waals surface area (Å²) in [5.41, 5.74) is 0.399. The number of fused-ring (bicyclic) bond motifs is 1. The number of nitrogens with zero attached hydrogens (tertiary/aromatic N) is 3. The summed E-state index contributed by atoms with van der Waals surface area (Å²) in [5, 5.41) is 3.91. The first-order valence-corrected chi connectivity index (χ1v) is 4.77. The summed E-state index contributed by atoms with van der Waals surface area (Å²) in [6, 6.07) is 0. The zero-order valence-electron chi connectivity index (χ0n) is 8.64. The summed E-state index contributed by atoms with van der Waals surface area (Å²) in [5.74, 6) is -0.434. The highest BCUT2D eigenvalue weighted by Gasteiger charge is 2.11. The fourth-order valence-electron chi connectivity index (χ4n) is 1.38. The molecule has 2 rings (SSSR count). The minimum Gasteiger partial charge on any atom is -0.465 e. The zero-order valence-corrected chi connectivity index (χ0v) is 8.64. The molecule has 2 aromatic rings. The minimum absolute atomic E-state index is 0.0912. The van der Waals surface area contributed by atoms with Crippen molar-refractivity contribution in [3.05, 3.63) is 22.9 Å². The van der Waals surface area contributed by atoms with Crippen LogP contribution in [0.15, 0.2) is 17.3 Å². The molecule has 0 fully saturated rings. The van der Waals surface area contributed by atoms with Gasteiger partial charge in [-0.2, -0.15) is 5.10 Å². The summed E-state index contributed by atoms with van der Waals surface area (Å²) in [7, 11) is 0. The summed E-state index contributed by atoms with van der Waals surface area (Å²) in [4.78, 5) is 29.1. The van der Waals surface area contributed by atoms with Crippen molar-refractivity contribution in [1.29, 1.82) is 0 Å². The number of hydrogen-bond acceptors (Lipinski definition) is 5. The van der Waals surface area contributed by atoms with E-state index in [0.717, 1.165) is 0 Å². The van der Waals surface area contributed by atoms with Gasteiger partial charge in [0.1, 0.15) is 12.1 Å². The summed E-state index contributed by atoms with van der Waals surface area (Å²) in [6.07, 6.45) is 2.73. The first-order valence-electron chi connectivity index (χ1n) is 4.77. The lowest BCUT2D eigenvalue weighted by molar-refractivity contribution is -0.143. The van der Waals surface area contributed by atoms with Gasteiger partial charge in [0.05, 0.1) is 19.1 Å². The van der Waals surface area contributed by atoms with E-state index in [1.165, 1.54) is 17.2 Å². The van der Waals surface area contributed by atoms with Crippen molar-refractivity contribution >= 4 is 17.0 Å². The molecule has 2 aromatic heterocycles. The first kappa shape index (κ1) is 10.3. The summed E-state index contributed by atoms with van der Waals surface area (Å²) >= 11 is 0. The van der Waals surface area contributed by atoms with Crippen molar-refractivity contribution in [2.24, 2.45) is 0 Å². The monoisotopic (exact) mass is 222 g/mol. The van der Waals surface area contributed by atoms with Crippen LogP contribution >= 0.6 is 0 Å². The third kappa shape index (κ3) is 1.79. The van der Waals surface area contributed by atoms with Crippen molar-refractivity contribution in [3.63, 3.8) is 0 Å².